The van der Waals surface area contributed by atoms with Gasteiger partial charge in [-0.3, -0.25) is 9.48 Å². The van der Waals surface area contributed by atoms with Crippen molar-refractivity contribution in [2.24, 2.45) is 7.05 Å². The van der Waals surface area contributed by atoms with Crippen LogP contribution in [0.25, 0.3) is 0 Å². The van der Waals surface area contributed by atoms with Gasteiger partial charge in [-0.05, 0) is 69.7 Å². The molecule has 3 heterocycles. The molecule has 0 aliphatic rings. The lowest BCUT2D eigenvalue weighted by Crippen LogP contribution is -2.14. The van der Waals surface area contributed by atoms with Crippen LogP contribution in [0, 0.1) is 27.7 Å². The van der Waals surface area contributed by atoms with Crippen LogP contribution in [0.5, 0.6) is 0 Å². The number of carbonyl (C=O) groups is 1. The smallest absolute Gasteiger partial charge is 0.259 e. The Morgan fingerprint density at radius 3 is 2.15 bits per heavy atom. The van der Waals surface area contributed by atoms with Crippen molar-refractivity contribution >= 4 is 34.7 Å². The molecule has 1 amide bonds. The first-order valence-electron chi connectivity index (χ1n) is 10.5. The Kier molecular flexibility index (Phi) is 6.03. The number of amides is 1. The third-order valence-electron chi connectivity index (χ3n) is 5.16. The highest BCUT2D eigenvalue weighted by Crippen LogP contribution is 2.22. The summed E-state index contributed by atoms with van der Waals surface area (Å²) in [6, 6.07) is 13.1. The molecular weight excluding hydrogens is 416 g/mol. The lowest BCUT2D eigenvalue weighted by atomic mass is 10.1. The molecule has 33 heavy (non-hydrogen) atoms. The molecule has 0 aliphatic heterocycles. The summed E-state index contributed by atoms with van der Waals surface area (Å²) in [5.74, 6) is 2.47. The number of aromatic nitrogens is 5. The normalized spacial score (nSPS) is 10.7. The maximum absolute atomic E-state index is 12.7. The zero-order valence-electron chi connectivity index (χ0n) is 19.3. The van der Waals surface area contributed by atoms with E-state index in [0.717, 1.165) is 22.8 Å². The van der Waals surface area contributed by atoms with Crippen molar-refractivity contribution in [3.05, 3.63) is 77.0 Å². The maximum atomic E-state index is 12.7. The molecule has 0 atom stereocenters. The number of hydrogen-bond donors (Lipinski definition) is 3. The number of hydrogen-bond acceptors (Lipinski definition) is 7. The van der Waals surface area contributed by atoms with Gasteiger partial charge in [0, 0.05) is 36.4 Å². The van der Waals surface area contributed by atoms with Gasteiger partial charge in [-0.1, -0.05) is 0 Å². The molecule has 0 saturated heterocycles. The Labute approximate surface area is 192 Å². The molecule has 3 N–H and O–H groups in total. The van der Waals surface area contributed by atoms with Gasteiger partial charge in [-0.15, -0.1) is 0 Å². The van der Waals surface area contributed by atoms with Crippen LogP contribution in [0.1, 0.15) is 33.1 Å². The van der Waals surface area contributed by atoms with Crippen molar-refractivity contribution in [2.75, 3.05) is 16.0 Å². The van der Waals surface area contributed by atoms with Crippen LogP contribution in [0.2, 0.25) is 0 Å². The third-order valence-corrected chi connectivity index (χ3v) is 5.16. The standard InChI is InChI=1S/C24H26N8O/c1-14-10-11-25-20(12-14)30-22-13-21(26-17(4)27-22)28-18-6-8-19(9-7-18)29-24(33)23-15(2)31-32(5)16(23)3/h6-13H,1-5H3,(H,29,33)(H2,25,26,27,28,30). The molecule has 0 bridgehead atoms. The van der Waals surface area contributed by atoms with Gasteiger partial charge in [0.05, 0.1) is 11.3 Å². The SMILES string of the molecule is Cc1ccnc(Nc2cc(Nc3ccc(NC(=O)c4c(C)nn(C)c4C)cc3)nc(C)n2)c1. The zero-order valence-corrected chi connectivity index (χ0v) is 19.3. The second kappa shape index (κ2) is 9.07. The molecule has 4 rings (SSSR count). The van der Waals surface area contributed by atoms with Crippen LogP contribution in [0.4, 0.5) is 28.8 Å². The monoisotopic (exact) mass is 442 g/mol. The van der Waals surface area contributed by atoms with Crippen molar-refractivity contribution in [3.63, 3.8) is 0 Å². The van der Waals surface area contributed by atoms with Crippen LogP contribution in [-0.2, 0) is 7.05 Å². The van der Waals surface area contributed by atoms with Gasteiger partial charge < -0.3 is 16.0 Å². The summed E-state index contributed by atoms with van der Waals surface area (Å²) in [5, 5.41) is 13.7. The predicted molar refractivity (Wildman–Crippen MR) is 129 cm³/mol. The van der Waals surface area contributed by atoms with Crippen LogP contribution in [0.3, 0.4) is 0 Å². The Balaban J connectivity index is 1.45. The minimum absolute atomic E-state index is 0.175. The molecular formula is C24H26N8O. The summed E-state index contributed by atoms with van der Waals surface area (Å²) >= 11 is 0. The fraction of sp³-hybridized carbons (Fsp3) is 0.208. The summed E-state index contributed by atoms with van der Waals surface area (Å²) in [4.78, 5) is 25.9. The second-order valence-electron chi connectivity index (χ2n) is 7.85. The van der Waals surface area contributed by atoms with E-state index in [1.165, 1.54) is 0 Å². The van der Waals surface area contributed by atoms with Crippen LogP contribution < -0.4 is 16.0 Å². The predicted octanol–water partition coefficient (Wildman–Crippen LogP) is 4.58. The van der Waals surface area contributed by atoms with E-state index in [-0.39, 0.29) is 5.91 Å². The molecule has 0 radical (unpaired) electrons. The van der Waals surface area contributed by atoms with E-state index in [4.69, 9.17) is 0 Å². The molecule has 4 aromatic rings. The molecule has 9 heteroatoms. The van der Waals surface area contributed by atoms with Gasteiger partial charge in [0.2, 0.25) is 0 Å². The van der Waals surface area contributed by atoms with E-state index in [2.05, 4.69) is 36.0 Å². The fourth-order valence-electron chi connectivity index (χ4n) is 3.51. The Morgan fingerprint density at radius 1 is 0.848 bits per heavy atom. The molecule has 0 aliphatic carbocycles. The maximum Gasteiger partial charge on any atom is 0.259 e. The fourth-order valence-corrected chi connectivity index (χ4v) is 3.51. The number of nitrogens with zero attached hydrogens (tertiary/aromatic N) is 5. The van der Waals surface area contributed by atoms with E-state index in [0.29, 0.717) is 34.4 Å². The molecule has 0 unspecified atom stereocenters. The van der Waals surface area contributed by atoms with Crippen molar-refractivity contribution in [3.8, 4) is 0 Å². The summed E-state index contributed by atoms with van der Waals surface area (Å²) in [7, 11) is 1.83. The molecule has 3 aromatic heterocycles. The van der Waals surface area contributed by atoms with E-state index < -0.39 is 0 Å². The van der Waals surface area contributed by atoms with Gasteiger partial charge in [-0.2, -0.15) is 5.10 Å². The lowest BCUT2D eigenvalue weighted by molar-refractivity contribution is 0.102. The minimum Gasteiger partial charge on any atom is -0.340 e. The highest BCUT2D eigenvalue weighted by atomic mass is 16.1. The van der Waals surface area contributed by atoms with Gasteiger partial charge in [0.15, 0.2) is 0 Å². The molecule has 1 aromatic carbocycles. The summed E-state index contributed by atoms with van der Waals surface area (Å²) in [6.45, 7) is 7.55. The van der Waals surface area contributed by atoms with Gasteiger partial charge in [0.1, 0.15) is 23.3 Å². The van der Waals surface area contributed by atoms with E-state index in [9.17, 15) is 4.79 Å². The van der Waals surface area contributed by atoms with E-state index >= 15 is 0 Å². The zero-order chi connectivity index (χ0) is 23.5. The molecule has 9 nitrogen and oxygen atoms in total. The highest BCUT2D eigenvalue weighted by molar-refractivity contribution is 6.05. The molecule has 0 spiro atoms. The first kappa shape index (κ1) is 21.9. The van der Waals surface area contributed by atoms with Crippen molar-refractivity contribution < 1.29 is 4.79 Å². The van der Waals surface area contributed by atoms with Crippen molar-refractivity contribution in [1.29, 1.82) is 0 Å². The number of anilines is 5. The Morgan fingerprint density at radius 2 is 1.52 bits per heavy atom. The number of pyridine rings is 1. The second-order valence-corrected chi connectivity index (χ2v) is 7.85. The topological polar surface area (TPSA) is 110 Å². The number of benzene rings is 1. The lowest BCUT2D eigenvalue weighted by Gasteiger charge is -2.11. The van der Waals surface area contributed by atoms with Crippen LogP contribution in [0.15, 0.2) is 48.7 Å². The average molecular weight is 443 g/mol. The molecule has 0 saturated carbocycles. The summed E-state index contributed by atoms with van der Waals surface area (Å²) < 4.78 is 1.71. The number of nitrogens with one attached hydrogen (secondary N) is 3. The van der Waals surface area contributed by atoms with E-state index in [1.54, 1.807) is 10.9 Å². The third kappa shape index (κ3) is 5.15. The van der Waals surface area contributed by atoms with Gasteiger partial charge >= 0.3 is 0 Å². The van der Waals surface area contributed by atoms with Gasteiger partial charge in [-0.25, -0.2) is 15.0 Å². The Hall–Kier alpha value is -4.27. The number of aryl methyl sites for hydroxylation is 4. The Bertz CT molecular complexity index is 1310. The largest absolute Gasteiger partial charge is 0.340 e. The van der Waals surface area contributed by atoms with Crippen LogP contribution in [-0.4, -0.2) is 30.6 Å². The minimum atomic E-state index is -0.175. The molecule has 0 fully saturated rings. The highest BCUT2D eigenvalue weighted by Gasteiger charge is 2.17. The summed E-state index contributed by atoms with van der Waals surface area (Å²) in [6.07, 6.45) is 1.75. The summed E-state index contributed by atoms with van der Waals surface area (Å²) in [5.41, 5.74) is 4.76. The van der Waals surface area contributed by atoms with Crippen LogP contribution >= 0.6 is 0 Å². The van der Waals surface area contributed by atoms with Crippen molar-refractivity contribution in [2.45, 2.75) is 27.7 Å². The number of rotatable bonds is 6. The average Bonchev–Trinajstić information content (AvgIpc) is 3.00. The van der Waals surface area contributed by atoms with Gasteiger partial charge in [0.25, 0.3) is 5.91 Å². The van der Waals surface area contributed by atoms with E-state index in [1.807, 2.05) is 77.2 Å². The quantitative estimate of drug-likeness (QED) is 0.401. The first-order chi connectivity index (χ1) is 15.8. The number of carbonyl (C=O) groups excluding carboxylic acids is 1. The first-order valence-corrected chi connectivity index (χ1v) is 10.5. The van der Waals surface area contributed by atoms with Crippen molar-refractivity contribution in [1.82, 2.24) is 24.7 Å². The molecule has 168 valence electrons.